The number of aromatic nitrogens is 2. The highest BCUT2D eigenvalue weighted by atomic mass is 19.1. The molecule has 33 heavy (non-hydrogen) atoms. The number of Topliss-reactive ketones (excluding diaryl/α,β-unsaturated/α-hetero) is 1. The highest BCUT2D eigenvalue weighted by Gasteiger charge is 2.47. The fourth-order valence-electron chi connectivity index (χ4n) is 4.41. The zero-order valence-corrected chi connectivity index (χ0v) is 17.8. The van der Waals surface area contributed by atoms with E-state index >= 15 is 0 Å². The minimum Gasteiger partial charge on any atom is -0.507 e. The number of aliphatic hydroxyl groups is 1. The van der Waals surface area contributed by atoms with Gasteiger partial charge >= 0.3 is 0 Å². The third kappa shape index (κ3) is 3.47. The van der Waals surface area contributed by atoms with Crippen molar-refractivity contribution in [2.45, 2.75) is 12.6 Å². The Hall–Kier alpha value is -4.26. The molecule has 5 rings (SSSR count). The van der Waals surface area contributed by atoms with Gasteiger partial charge in [0.15, 0.2) is 0 Å². The van der Waals surface area contributed by atoms with Gasteiger partial charge in [0, 0.05) is 54.2 Å². The number of aliphatic hydroxyl groups excluding tert-OH is 1. The predicted octanol–water partition coefficient (Wildman–Crippen LogP) is 4.33. The highest BCUT2D eigenvalue weighted by Crippen LogP contribution is 2.43. The first-order valence-corrected chi connectivity index (χ1v) is 10.4. The minimum absolute atomic E-state index is 0.0182. The van der Waals surface area contributed by atoms with E-state index in [2.05, 4.69) is 4.98 Å². The van der Waals surface area contributed by atoms with Crippen LogP contribution in [-0.4, -0.2) is 31.2 Å². The molecule has 0 aliphatic carbocycles. The number of likely N-dealkylation sites (tertiary alicyclic amines) is 1. The Kier molecular flexibility index (Phi) is 5.01. The smallest absolute Gasteiger partial charge is 0.295 e. The number of carbonyl (C=O) groups is 2. The van der Waals surface area contributed by atoms with Gasteiger partial charge in [-0.25, -0.2) is 4.39 Å². The van der Waals surface area contributed by atoms with Gasteiger partial charge in [0.05, 0.1) is 11.6 Å². The van der Waals surface area contributed by atoms with Crippen LogP contribution >= 0.6 is 0 Å². The number of rotatable bonds is 4. The molecule has 2 aromatic carbocycles. The van der Waals surface area contributed by atoms with Gasteiger partial charge in [0.2, 0.25) is 0 Å². The molecule has 4 aromatic rings. The zero-order valence-electron chi connectivity index (χ0n) is 17.8. The maximum absolute atomic E-state index is 13.4. The Morgan fingerprint density at radius 2 is 1.73 bits per heavy atom. The lowest BCUT2D eigenvalue weighted by Crippen LogP contribution is -2.29. The largest absolute Gasteiger partial charge is 0.507 e. The van der Waals surface area contributed by atoms with Crippen molar-refractivity contribution in [1.82, 2.24) is 14.5 Å². The lowest BCUT2D eigenvalue weighted by molar-refractivity contribution is -0.140. The number of ketones is 1. The van der Waals surface area contributed by atoms with Crippen molar-refractivity contribution in [3.8, 4) is 0 Å². The van der Waals surface area contributed by atoms with E-state index in [0.29, 0.717) is 11.1 Å². The fraction of sp³-hybridized carbons (Fsp3) is 0.115. The average molecular weight is 441 g/mol. The summed E-state index contributed by atoms with van der Waals surface area (Å²) in [5, 5.41) is 12.0. The van der Waals surface area contributed by atoms with Crippen LogP contribution in [0, 0.1) is 5.82 Å². The van der Waals surface area contributed by atoms with Crippen LogP contribution in [0.2, 0.25) is 0 Å². The Labute approximate surface area is 189 Å². The molecule has 164 valence electrons. The highest BCUT2D eigenvalue weighted by molar-refractivity contribution is 6.46. The van der Waals surface area contributed by atoms with Crippen molar-refractivity contribution in [3.05, 3.63) is 107 Å². The van der Waals surface area contributed by atoms with Gasteiger partial charge < -0.3 is 14.6 Å². The summed E-state index contributed by atoms with van der Waals surface area (Å²) in [7, 11) is 1.89. The first-order chi connectivity index (χ1) is 16.0. The summed E-state index contributed by atoms with van der Waals surface area (Å²) in [5.74, 6) is -2.11. The summed E-state index contributed by atoms with van der Waals surface area (Å²) in [6.45, 7) is 0.0892. The van der Waals surface area contributed by atoms with E-state index in [9.17, 15) is 19.1 Å². The van der Waals surface area contributed by atoms with E-state index in [1.165, 1.54) is 29.4 Å². The number of amides is 1. The third-order valence-electron chi connectivity index (χ3n) is 5.98. The Bertz CT molecular complexity index is 1410. The number of pyridine rings is 1. The first-order valence-electron chi connectivity index (χ1n) is 10.4. The van der Waals surface area contributed by atoms with Gasteiger partial charge in [-0.2, -0.15) is 0 Å². The van der Waals surface area contributed by atoms with Crippen molar-refractivity contribution >= 4 is 28.4 Å². The van der Waals surface area contributed by atoms with E-state index in [1.54, 1.807) is 24.3 Å². The lowest BCUT2D eigenvalue weighted by atomic mass is 9.95. The number of aryl methyl sites for hydroxylation is 1. The maximum atomic E-state index is 13.4. The molecule has 1 N–H and O–H groups in total. The molecule has 0 spiro atoms. The molecule has 0 saturated carbocycles. The van der Waals surface area contributed by atoms with Crippen molar-refractivity contribution < 1.29 is 19.1 Å². The minimum atomic E-state index is -0.811. The predicted molar refractivity (Wildman–Crippen MR) is 121 cm³/mol. The van der Waals surface area contributed by atoms with E-state index in [4.69, 9.17) is 0 Å². The SMILES string of the molecule is Cn1cc(C2/C(=C(\O)c3ccncc3)C(=O)C(=O)N2Cc2ccc(F)cc2)c2ccccc21. The first kappa shape index (κ1) is 20.6. The molecule has 3 heterocycles. The molecule has 1 saturated heterocycles. The molecule has 1 aliphatic heterocycles. The van der Waals surface area contributed by atoms with E-state index in [-0.39, 0.29) is 23.7 Å². The molecule has 6 nitrogen and oxygen atoms in total. The number of hydrogen-bond acceptors (Lipinski definition) is 4. The number of halogens is 1. The summed E-state index contributed by atoms with van der Waals surface area (Å²) in [6, 6.07) is 15.8. The fourth-order valence-corrected chi connectivity index (χ4v) is 4.41. The van der Waals surface area contributed by atoms with Crippen LogP contribution in [0.3, 0.4) is 0 Å². The van der Waals surface area contributed by atoms with Crippen molar-refractivity contribution in [1.29, 1.82) is 0 Å². The summed E-state index contributed by atoms with van der Waals surface area (Å²) in [5.41, 5.74) is 2.75. The molecule has 2 aromatic heterocycles. The Morgan fingerprint density at radius 3 is 2.45 bits per heavy atom. The van der Waals surface area contributed by atoms with E-state index in [1.807, 2.05) is 42.1 Å². The third-order valence-corrected chi connectivity index (χ3v) is 5.98. The Balaban J connectivity index is 1.72. The van der Waals surface area contributed by atoms with Crippen molar-refractivity contribution in [2.75, 3.05) is 0 Å². The Morgan fingerprint density at radius 1 is 1.03 bits per heavy atom. The number of carbonyl (C=O) groups excluding carboxylic acids is 2. The van der Waals surface area contributed by atoms with Crippen LogP contribution in [0.4, 0.5) is 4.39 Å². The molecular formula is C26H20FN3O3. The second kappa shape index (κ2) is 8.02. The standard InChI is InChI=1S/C26H20FN3O3/c1-29-15-20(19-4-2-3-5-21(19)29)23-22(24(31)17-10-12-28-13-11-17)25(32)26(33)30(23)14-16-6-8-18(27)9-7-16/h2-13,15,23,31H,14H2,1H3/b24-22+. The molecular weight excluding hydrogens is 421 g/mol. The molecule has 1 fully saturated rings. The van der Waals surface area contributed by atoms with E-state index < -0.39 is 17.7 Å². The molecule has 1 atom stereocenters. The van der Waals surface area contributed by atoms with Crippen LogP contribution in [0.25, 0.3) is 16.7 Å². The quantitative estimate of drug-likeness (QED) is 0.291. The summed E-state index contributed by atoms with van der Waals surface area (Å²) in [6.07, 6.45) is 4.89. The van der Waals surface area contributed by atoms with Crippen LogP contribution in [0.15, 0.2) is 84.8 Å². The normalized spacial score (nSPS) is 17.8. The lowest BCUT2D eigenvalue weighted by Gasteiger charge is -2.25. The zero-order chi connectivity index (χ0) is 23.1. The van der Waals surface area contributed by atoms with Crippen LogP contribution in [-0.2, 0) is 23.2 Å². The number of fused-ring (bicyclic) bond motifs is 1. The van der Waals surface area contributed by atoms with Gasteiger partial charge in [0.1, 0.15) is 11.6 Å². The van der Waals surface area contributed by atoms with E-state index in [0.717, 1.165) is 16.5 Å². The van der Waals surface area contributed by atoms with Crippen LogP contribution < -0.4 is 0 Å². The second-order valence-electron chi connectivity index (χ2n) is 8.00. The van der Waals surface area contributed by atoms with Crippen LogP contribution in [0.5, 0.6) is 0 Å². The number of hydrogen-bond donors (Lipinski definition) is 1. The van der Waals surface area contributed by atoms with Gasteiger partial charge in [-0.3, -0.25) is 14.6 Å². The van der Waals surface area contributed by atoms with Crippen molar-refractivity contribution in [3.63, 3.8) is 0 Å². The molecule has 1 unspecified atom stereocenters. The van der Waals surface area contributed by atoms with Crippen LogP contribution in [0.1, 0.15) is 22.7 Å². The molecule has 0 radical (unpaired) electrons. The number of nitrogens with zero attached hydrogens (tertiary/aromatic N) is 3. The molecule has 7 heteroatoms. The summed E-state index contributed by atoms with van der Waals surface area (Å²) >= 11 is 0. The van der Waals surface area contributed by atoms with Gasteiger partial charge in [-0.1, -0.05) is 30.3 Å². The maximum Gasteiger partial charge on any atom is 0.295 e. The summed E-state index contributed by atoms with van der Waals surface area (Å²) < 4.78 is 15.4. The molecule has 0 bridgehead atoms. The second-order valence-corrected chi connectivity index (χ2v) is 8.00. The summed E-state index contributed by atoms with van der Waals surface area (Å²) in [4.78, 5) is 31.8. The number of benzene rings is 2. The topological polar surface area (TPSA) is 75.4 Å². The van der Waals surface area contributed by atoms with Gasteiger partial charge in [0.25, 0.3) is 11.7 Å². The monoisotopic (exact) mass is 441 g/mol. The average Bonchev–Trinajstić information content (AvgIpc) is 3.29. The van der Waals surface area contributed by atoms with Crippen molar-refractivity contribution in [2.24, 2.45) is 7.05 Å². The molecule has 1 amide bonds. The molecule has 1 aliphatic rings. The number of para-hydroxylation sites is 1. The van der Waals surface area contributed by atoms with Gasteiger partial charge in [-0.15, -0.1) is 0 Å². The van der Waals surface area contributed by atoms with Gasteiger partial charge in [-0.05, 0) is 35.9 Å².